The molecule has 0 fully saturated rings. The monoisotopic (exact) mass is 879 g/mol. The summed E-state index contributed by atoms with van der Waals surface area (Å²) in [6, 6.07) is 47.1. The average Bonchev–Trinajstić information content (AvgIpc) is 3.78. The Balaban J connectivity index is 1.32. The average molecular weight is 880 g/mol. The molecule has 4 heteroatoms. The quantitative estimate of drug-likeness (QED) is 0.163. The first-order valence-electron chi connectivity index (χ1n) is 24.4. The molecule has 0 spiro atoms. The molecule has 0 atom stereocenters. The molecule has 0 aliphatic carbocycles. The standard InChI is InChI=1S/C64H58BN3/c1-34-21-36(3)57(37(4)22-34)43-17-19-54-48(26-43)50-27-44(58-38(5)23-35(2)24-39(58)6)28-53-62(50)67(54)56-32-47(42-16-14-15-41(25-42)33-66)40(7)59-52-31-46(64(11,12)13)30-51-49-29-45(63(8,9)10)18-20-55(49)68(61(51)52)65(53)60(56)59/h14-32H,1-13H3. The zero-order valence-corrected chi connectivity index (χ0v) is 41.9. The second-order valence-corrected chi connectivity index (χ2v) is 22.6. The summed E-state index contributed by atoms with van der Waals surface area (Å²) in [7, 11) is 0. The third-order valence-electron chi connectivity index (χ3n) is 15.7. The first-order chi connectivity index (χ1) is 32.3. The summed E-state index contributed by atoms with van der Waals surface area (Å²) in [6.07, 6.45) is 0. The van der Waals surface area contributed by atoms with E-state index < -0.39 is 0 Å². The van der Waals surface area contributed by atoms with Gasteiger partial charge in [0.25, 0.3) is 0 Å². The predicted molar refractivity (Wildman–Crippen MR) is 291 cm³/mol. The molecule has 0 N–H and O–H groups in total. The smallest absolute Gasteiger partial charge is 0.333 e. The lowest BCUT2D eigenvalue weighted by Gasteiger charge is -2.36. The zero-order chi connectivity index (χ0) is 47.6. The molecule has 8 aromatic carbocycles. The van der Waals surface area contributed by atoms with Crippen molar-refractivity contribution in [1.82, 2.24) is 9.05 Å². The number of hydrogen-bond donors (Lipinski definition) is 0. The molecule has 4 heterocycles. The van der Waals surface area contributed by atoms with Gasteiger partial charge in [-0.25, -0.2) is 0 Å². The SMILES string of the molecule is Cc1cc(C)c(-c2ccc3c(c2)c2cc(-c4c(C)cc(C)cc4C)cc4c2n3-c2cc(-c3cccc(C#N)c3)c(C)c3c2B4n2c4ccc(C(C)(C)C)cc4c4cc(C(C)(C)C)cc-3c42)c(C)c1. The van der Waals surface area contributed by atoms with Crippen LogP contribution in [0.3, 0.4) is 0 Å². The summed E-state index contributed by atoms with van der Waals surface area (Å²) in [4.78, 5) is 0. The molecule has 68 heavy (non-hydrogen) atoms. The Morgan fingerprint density at radius 1 is 0.485 bits per heavy atom. The highest BCUT2D eigenvalue weighted by Gasteiger charge is 2.43. The molecular formula is C64H58BN3. The van der Waals surface area contributed by atoms with Gasteiger partial charge in [-0.05, 0) is 209 Å². The Kier molecular flexibility index (Phi) is 8.84. The Morgan fingerprint density at radius 2 is 1.07 bits per heavy atom. The van der Waals surface area contributed by atoms with Gasteiger partial charge in [0.05, 0.1) is 22.7 Å². The van der Waals surface area contributed by atoms with E-state index in [0.717, 1.165) is 11.1 Å². The highest BCUT2D eigenvalue weighted by atomic mass is 15.0. The fraction of sp³-hybridized carbons (Fsp3) is 0.234. The van der Waals surface area contributed by atoms with Gasteiger partial charge in [0.15, 0.2) is 0 Å². The van der Waals surface area contributed by atoms with E-state index in [1.165, 1.54) is 144 Å². The summed E-state index contributed by atoms with van der Waals surface area (Å²) in [5.74, 6) is 0. The first-order valence-corrected chi connectivity index (χ1v) is 24.4. The van der Waals surface area contributed by atoms with Gasteiger partial charge in [0.2, 0.25) is 0 Å². The van der Waals surface area contributed by atoms with Crippen molar-refractivity contribution < 1.29 is 0 Å². The van der Waals surface area contributed by atoms with Crippen LogP contribution in [0.5, 0.6) is 0 Å². The van der Waals surface area contributed by atoms with Crippen molar-refractivity contribution >= 4 is 61.4 Å². The number of rotatable bonds is 3. The third-order valence-corrected chi connectivity index (χ3v) is 15.7. The second kappa shape index (κ2) is 14.2. The molecule has 0 unspecified atom stereocenters. The van der Waals surface area contributed by atoms with Crippen LogP contribution in [0, 0.1) is 59.8 Å². The molecule has 12 rings (SSSR count). The van der Waals surface area contributed by atoms with E-state index in [1.54, 1.807) is 0 Å². The van der Waals surface area contributed by atoms with Crippen molar-refractivity contribution in [2.45, 2.75) is 101 Å². The summed E-state index contributed by atoms with van der Waals surface area (Å²) >= 11 is 0. The molecule has 0 bridgehead atoms. The number of hydrogen-bond acceptors (Lipinski definition) is 1. The van der Waals surface area contributed by atoms with Crippen LogP contribution in [-0.4, -0.2) is 15.9 Å². The highest BCUT2D eigenvalue weighted by molar-refractivity contribution is 6.90. The number of fused-ring (bicyclic) bond motifs is 10. The molecule has 2 aromatic heterocycles. The first kappa shape index (κ1) is 42.3. The fourth-order valence-electron chi connectivity index (χ4n) is 12.8. The number of aryl methyl sites for hydroxylation is 6. The molecule has 2 aliphatic rings. The Morgan fingerprint density at radius 3 is 1.72 bits per heavy atom. The van der Waals surface area contributed by atoms with Gasteiger partial charge >= 0.3 is 6.85 Å². The molecule has 2 aliphatic heterocycles. The van der Waals surface area contributed by atoms with Crippen LogP contribution in [0.15, 0.2) is 115 Å². The Bertz CT molecular complexity index is 3910. The molecular weight excluding hydrogens is 822 g/mol. The van der Waals surface area contributed by atoms with Crippen LogP contribution in [0.4, 0.5) is 0 Å². The van der Waals surface area contributed by atoms with Crippen LogP contribution >= 0.6 is 0 Å². The molecule has 3 nitrogen and oxygen atoms in total. The van der Waals surface area contributed by atoms with Crippen molar-refractivity contribution in [3.8, 4) is 56.3 Å². The van der Waals surface area contributed by atoms with E-state index in [1.807, 2.05) is 12.1 Å². The molecule has 0 amide bonds. The molecule has 332 valence electrons. The maximum Gasteiger partial charge on any atom is 0.333 e. The second-order valence-electron chi connectivity index (χ2n) is 22.6. The van der Waals surface area contributed by atoms with Crippen LogP contribution in [0.1, 0.15) is 97.2 Å². The maximum absolute atomic E-state index is 10.2. The van der Waals surface area contributed by atoms with Crippen LogP contribution in [-0.2, 0) is 10.8 Å². The fourth-order valence-corrected chi connectivity index (χ4v) is 12.8. The minimum atomic E-state index is -0.113. The van der Waals surface area contributed by atoms with Gasteiger partial charge in [0.1, 0.15) is 0 Å². The van der Waals surface area contributed by atoms with E-state index in [9.17, 15) is 5.26 Å². The van der Waals surface area contributed by atoms with Crippen molar-refractivity contribution in [1.29, 1.82) is 5.26 Å². The summed E-state index contributed by atoms with van der Waals surface area (Å²) in [6.45, 7) is 29.8. The van der Waals surface area contributed by atoms with Crippen molar-refractivity contribution in [3.05, 3.63) is 171 Å². The maximum atomic E-state index is 10.2. The van der Waals surface area contributed by atoms with E-state index in [2.05, 4.69) is 208 Å². The van der Waals surface area contributed by atoms with E-state index >= 15 is 0 Å². The van der Waals surface area contributed by atoms with Crippen molar-refractivity contribution in [2.75, 3.05) is 0 Å². The van der Waals surface area contributed by atoms with E-state index in [0.29, 0.717) is 5.56 Å². The highest BCUT2D eigenvalue weighted by Crippen LogP contribution is 2.49. The molecule has 0 saturated carbocycles. The van der Waals surface area contributed by atoms with Gasteiger partial charge in [0, 0.05) is 43.8 Å². The van der Waals surface area contributed by atoms with Crippen molar-refractivity contribution in [3.63, 3.8) is 0 Å². The van der Waals surface area contributed by atoms with Crippen molar-refractivity contribution in [2.24, 2.45) is 0 Å². The Labute approximate surface area is 401 Å². The van der Waals surface area contributed by atoms with Crippen LogP contribution in [0.25, 0.3) is 93.8 Å². The number of aromatic nitrogens is 2. The van der Waals surface area contributed by atoms with Crippen LogP contribution < -0.4 is 10.9 Å². The summed E-state index contributed by atoms with van der Waals surface area (Å²) < 4.78 is 5.35. The minimum absolute atomic E-state index is 0.0165. The number of nitriles is 1. The zero-order valence-electron chi connectivity index (χ0n) is 41.9. The molecule has 0 saturated heterocycles. The lowest BCUT2D eigenvalue weighted by Crippen LogP contribution is -2.55. The molecule has 0 radical (unpaired) electrons. The van der Waals surface area contributed by atoms with Gasteiger partial charge in [-0.15, -0.1) is 0 Å². The van der Waals surface area contributed by atoms with Gasteiger partial charge in [-0.3, -0.25) is 0 Å². The lowest BCUT2D eigenvalue weighted by atomic mass is 9.45. The normalized spacial score (nSPS) is 13.0. The van der Waals surface area contributed by atoms with Gasteiger partial charge in [-0.1, -0.05) is 107 Å². The van der Waals surface area contributed by atoms with Gasteiger partial charge in [-0.2, -0.15) is 5.26 Å². The van der Waals surface area contributed by atoms with Gasteiger partial charge < -0.3 is 9.05 Å². The lowest BCUT2D eigenvalue weighted by molar-refractivity contribution is 0.590. The number of benzene rings is 8. The third kappa shape index (κ3) is 5.91. The predicted octanol–water partition coefficient (Wildman–Crippen LogP) is 15.5. The summed E-state index contributed by atoms with van der Waals surface area (Å²) in [5, 5.41) is 15.4. The van der Waals surface area contributed by atoms with Crippen LogP contribution in [0.2, 0.25) is 0 Å². The Hall–Kier alpha value is -7.09. The van der Waals surface area contributed by atoms with E-state index in [4.69, 9.17) is 0 Å². The largest absolute Gasteiger partial charge is 0.375 e. The summed E-state index contributed by atoms with van der Waals surface area (Å²) in [5.41, 5.74) is 31.1. The molecule has 10 aromatic rings. The minimum Gasteiger partial charge on any atom is -0.375 e. The van der Waals surface area contributed by atoms with E-state index in [-0.39, 0.29) is 17.7 Å². The topological polar surface area (TPSA) is 33.6 Å². The number of nitrogens with zero attached hydrogens (tertiary/aromatic N) is 3.